The minimum atomic E-state index is -0.480. The van der Waals surface area contributed by atoms with E-state index in [0.29, 0.717) is 11.3 Å². The number of hydrogen-bond donors (Lipinski definition) is 3. The number of nitrogens with two attached hydrogens (primary N) is 2. The van der Waals surface area contributed by atoms with Crippen LogP contribution in [0.25, 0.3) is 11.3 Å². The molecule has 0 atom stereocenters. The van der Waals surface area contributed by atoms with Crippen LogP contribution in [-0.2, 0) is 0 Å². The van der Waals surface area contributed by atoms with Gasteiger partial charge in [0.25, 0.3) is 5.69 Å². The molecule has 0 radical (unpaired) electrons. The number of rotatable bonds is 2. The van der Waals surface area contributed by atoms with E-state index in [9.17, 15) is 10.1 Å². The molecule has 0 aliphatic rings. The molecule has 0 spiro atoms. The summed E-state index contributed by atoms with van der Waals surface area (Å²) in [4.78, 5) is 10.0. The third-order valence-corrected chi connectivity index (χ3v) is 2.34. The molecule has 5 N–H and O–H groups in total. The quantitative estimate of drug-likeness (QED) is 0.311. The third kappa shape index (κ3) is 1.98. The van der Waals surface area contributed by atoms with Gasteiger partial charge in [-0.15, -0.1) is 0 Å². The van der Waals surface area contributed by atoms with Crippen LogP contribution in [0, 0.1) is 15.5 Å². The normalized spacial score (nSPS) is 10.2. The summed E-state index contributed by atoms with van der Waals surface area (Å²) in [7, 11) is 0. The summed E-state index contributed by atoms with van der Waals surface area (Å²) in [5.41, 5.74) is 12.1. The number of nitrogen functional groups attached to an aromatic ring is 2. The number of anilines is 1. The van der Waals surface area contributed by atoms with Crippen LogP contribution in [0.15, 0.2) is 30.3 Å². The maximum absolute atomic E-state index is 10.5. The monoisotopic (exact) mass is 246 g/mol. The molecule has 0 fully saturated rings. The van der Waals surface area contributed by atoms with Crippen molar-refractivity contribution in [3.63, 3.8) is 0 Å². The Morgan fingerprint density at radius 1 is 1.39 bits per heavy atom. The largest absolute Gasteiger partial charge is 0.383 e. The predicted octanol–water partition coefficient (Wildman–Crippen LogP) is 0.782. The Labute approximate surface area is 101 Å². The van der Waals surface area contributed by atoms with Crippen molar-refractivity contribution in [2.24, 2.45) is 5.73 Å². The SMILES string of the molecule is N=C(N)n1nc(-c2ccc([N+](=O)[O-])cc2)cc1N. The van der Waals surface area contributed by atoms with Crippen LogP contribution in [-0.4, -0.2) is 20.7 Å². The second kappa shape index (κ2) is 4.17. The van der Waals surface area contributed by atoms with Crippen LogP contribution in [0.3, 0.4) is 0 Å². The van der Waals surface area contributed by atoms with Crippen molar-refractivity contribution in [1.82, 2.24) is 9.78 Å². The van der Waals surface area contributed by atoms with E-state index in [2.05, 4.69) is 5.10 Å². The van der Waals surface area contributed by atoms with Gasteiger partial charge in [0.2, 0.25) is 5.96 Å². The molecule has 92 valence electrons. The highest BCUT2D eigenvalue weighted by Gasteiger charge is 2.10. The fourth-order valence-corrected chi connectivity index (χ4v) is 1.48. The molecule has 8 heteroatoms. The lowest BCUT2D eigenvalue weighted by molar-refractivity contribution is -0.384. The van der Waals surface area contributed by atoms with E-state index in [1.807, 2.05) is 0 Å². The second-order valence-electron chi connectivity index (χ2n) is 3.56. The molecule has 0 unspecified atom stereocenters. The Morgan fingerprint density at radius 3 is 2.44 bits per heavy atom. The number of aromatic nitrogens is 2. The number of nitrogens with one attached hydrogen (secondary N) is 1. The van der Waals surface area contributed by atoms with E-state index >= 15 is 0 Å². The molecule has 18 heavy (non-hydrogen) atoms. The molecule has 2 aromatic rings. The topological polar surface area (TPSA) is 137 Å². The molecule has 1 aromatic carbocycles. The van der Waals surface area contributed by atoms with Gasteiger partial charge in [-0.2, -0.15) is 9.78 Å². The number of nitro groups is 1. The van der Waals surface area contributed by atoms with E-state index in [0.717, 1.165) is 4.68 Å². The van der Waals surface area contributed by atoms with Crippen LogP contribution in [0.2, 0.25) is 0 Å². The van der Waals surface area contributed by atoms with Crippen molar-refractivity contribution in [3.05, 3.63) is 40.4 Å². The first kappa shape index (κ1) is 11.6. The van der Waals surface area contributed by atoms with Crippen molar-refractivity contribution in [2.45, 2.75) is 0 Å². The average Bonchev–Trinajstić information content (AvgIpc) is 2.71. The lowest BCUT2D eigenvalue weighted by Crippen LogP contribution is -2.23. The van der Waals surface area contributed by atoms with Gasteiger partial charge in [-0.1, -0.05) is 0 Å². The Hall–Kier alpha value is -2.90. The van der Waals surface area contributed by atoms with Crippen molar-refractivity contribution >= 4 is 17.5 Å². The highest BCUT2D eigenvalue weighted by Crippen LogP contribution is 2.22. The van der Waals surface area contributed by atoms with Crippen LogP contribution >= 0.6 is 0 Å². The van der Waals surface area contributed by atoms with Crippen LogP contribution in [0.4, 0.5) is 11.5 Å². The van der Waals surface area contributed by atoms with E-state index in [-0.39, 0.29) is 17.5 Å². The Bertz CT molecular complexity index is 616. The summed E-state index contributed by atoms with van der Waals surface area (Å²) in [6, 6.07) is 7.41. The standard InChI is InChI=1S/C10H10N6O2/c11-9-5-8(14-15(9)10(12)13)6-1-3-7(4-2-6)16(17)18/h1-5H,11H2,(H3,12,13). The van der Waals surface area contributed by atoms with Gasteiger partial charge in [0, 0.05) is 23.8 Å². The summed E-state index contributed by atoms with van der Waals surface area (Å²) in [5, 5.41) is 21.8. The van der Waals surface area contributed by atoms with Gasteiger partial charge in [0.15, 0.2) is 0 Å². The van der Waals surface area contributed by atoms with Crippen molar-refractivity contribution in [1.29, 1.82) is 5.41 Å². The zero-order chi connectivity index (χ0) is 13.3. The molecular weight excluding hydrogens is 236 g/mol. The number of nitrogens with zero attached hydrogens (tertiary/aromatic N) is 3. The summed E-state index contributed by atoms with van der Waals surface area (Å²) in [6.45, 7) is 0. The summed E-state index contributed by atoms with van der Waals surface area (Å²) in [5.74, 6) is -0.0588. The second-order valence-corrected chi connectivity index (χ2v) is 3.56. The predicted molar refractivity (Wildman–Crippen MR) is 66.0 cm³/mol. The number of nitro benzene ring substituents is 1. The molecule has 0 aliphatic heterocycles. The summed E-state index contributed by atoms with van der Waals surface area (Å²) in [6.07, 6.45) is 0. The fraction of sp³-hybridized carbons (Fsp3) is 0. The minimum Gasteiger partial charge on any atom is -0.383 e. The van der Waals surface area contributed by atoms with Gasteiger partial charge in [0.05, 0.1) is 10.6 Å². The minimum absolute atomic E-state index is 0.00211. The highest BCUT2D eigenvalue weighted by molar-refractivity contribution is 5.81. The summed E-state index contributed by atoms with van der Waals surface area (Å²) < 4.78 is 1.08. The molecule has 1 aromatic heterocycles. The number of non-ortho nitro benzene ring substituents is 1. The van der Waals surface area contributed by atoms with E-state index in [4.69, 9.17) is 16.9 Å². The lowest BCUT2D eigenvalue weighted by Gasteiger charge is -1.98. The van der Waals surface area contributed by atoms with Gasteiger partial charge in [-0.25, -0.2) is 0 Å². The first-order valence-corrected chi connectivity index (χ1v) is 4.94. The molecule has 0 aliphatic carbocycles. The van der Waals surface area contributed by atoms with E-state index < -0.39 is 4.92 Å². The van der Waals surface area contributed by atoms with Crippen molar-refractivity contribution in [3.8, 4) is 11.3 Å². The Morgan fingerprint density at radius 2 is 2.00 bits per heavy atom. The first-order chi connectivity index (χ1) is 8.49. The van der Waals surface area contributed by atoms with E-state index in [1.54, 1.807) is 18.2 Å². The van der Waals surface area contributed by atoms with Crippen molar-refractivity contribution < 1.29 is 4.92 Å². The molecule has 2 rings (SSSR count). The zero-order valence-electron chi connectivity index (χ0n) is 9.20. The molecule has 0 saturated carbocycles. The fourth-order valence-electron chi connectivity index (χ4n) is 1.48. The van der Waals surface area contributed by atoms with Gasteiger partial charge in [-0.05, 0) is 12.1 Å². The highest BCUT2D eigenvalue weighted by atomic mass is 16.6. The molecule has 1 heterocycles. The van der Waals surface area contributed by atoms with Gasteiger partial charge >= 0.3 is 0 Å². The summed E-state index contributed by atoms with van der Waals surface area (Å²) >= 11 is 0. The molecule has 8 nitrogen and oxygen atoms in total. The number of benzene rings is 1. The van der Waals surface area contributed by atoms with Gasteiger partial charge in [0.1, 0.15) is 5.82 Å². The smallest absolute Gasteiger partial charge is 0.269 e. The van der Waals surface area contributed by atoms with Crippen LogP contribution in [0.1, 0.15) is 0 Å². The van der Waals surface area contributed by atoms with Gasteiger partial charge in [-0.3, -0.25) is 15.5 Å². The Kier molecular flexibility index (Phi) is 2.68. The first-order valence-electron chi connectivity index (χ1n) is 4.94. The van der Waals surface area contributed by atoms with Crippen LogP contribution < -0.4 is 11.5 Å². The zero-order valence-corrected chi connectivity index (χ0v) is 9.20. The molecular formula is C10H10N6O2. The third-order valence-electron chi connectivity index (χ3n) is 2.34. The Balaban J connectivity index is 2.40. The van der Waals surface area contributed by atoms with Crippen molar-refractivity contribution in [2.75, 3.05) is 5.73 Å². The maximum Gasteiger partial charge on any atom is 0.269 e. The number of hydrogen-bond acceptors (Lipinski definition) is 5. The van der Waals surface area contributed by atoms with Gasteiger partial charge < -0.3 is 11.5 Å². The lowest BCUT2D eigenvalue weighted by atomic mass is 10.1. The van der Waals surface area contributed by atoms with E-state index in [1.165, 1.54) is 12.1 Å². The van der Waals surface area contributed by atoms with Crippen LogP contribution in [0.5, 0.6) is 0 Å². The average molecular weight is 246 g/mol. The molecule has 0 amide bonds. The molecule has 0 bridgehead atoms. The molecule has 0 saturated heterocycles. The maximum atomic E-state index is 10.5.